The monoisotopic (exact) mass is 470 g/mol. The Balaban J connectivity index is 1.54. The zero-order valence-electron chi connectivity index (χ0n) is 18.8. The molecule has 3 heterocycles. The van der Waals surface area contributed by atoms with E-state index >= 15 is 0 Å². The van der Waals surface area contributed by atoms with Crippen molar-refractivity contribution in [3.8, 4) is 10.6 Å². The van der Waals surface area contributed by atoms with E-state index in [-0.39, 0.29) is 17.7 Å². The zero-order chi connectivity index (χ0) is 23.8. The third-order valence-corrected chi connectivity index (χ3v) is 7.58. The number of nitrogens with zero attached hydrogens (tertiary/aromatic N) is 3. The zero-order valence-corrected chi connectivity index (χ0v) is 19.6. The number of aryl methyl sites for hydroxylation is 2. The van der Waals surface area contributed by atoms with Crippen molar-refractivity contribution in [2.75, 3.05) is 5.32 Å². The van der Waals surface area contributed by atoms with Gasteiger partial charge in [-0.1, -0.05) is 0 Å². The van der Waals surface area contributed by atoms with Crippen molar-refractivity contribution in [3.63, 3.8) is 0 Å². The standard InChI is InChI=1S/C24H27FN4O3S/c1-13-8-18(28-21(9-13)29-20-10-14(2)17(25)11-26-20)19-12-27-23(33-19)24(3,32)16-6-4-15(5-7-16)22(30)31/h8-12,15-16,32H,4-7H2,1-3H3,(H,30,31)(H,26,28,29)/t15-,16-,24-/m0/s1. The number of hydrogen-bond donors (Lipinski definition) is 3. The van der Waals surface area contributed by atoms with E-state index in [4.69, 9.17) is 0 Å². The molecule has 3 aromatic rings. The van der Waals surface area contributed by atoms with Gasteiger partial charge in [-0.05, 0) is 81.7 Å². The van der Waals surface area contributed by atoms with Crippen LogP contribution in [-0.4, -0.2) is 31.1 Å². The van der Waals surface area contributed by atoms with Crippen molar-refractivity contribution >= 4 is 28.9 Å². The van der Waals surface area contributed by atoms with Crippen LogP contribution in [0.5, 0.6) is 0 Å². The molecule has 3 N–H and O–H groups in total. The number of carbonyl (C=O) groups is 1. The van der Waals surface area contributed by atoms with Gasteiger partial charge in [-0.25, -0.2) is 19.3 Å². The van der Waals surface area contributed by atoms with Crippen LogP contribution in [0.25, 0.3) is 10.6 Å². The molecule has 7 nitrogen and oxygen atoms in total. The maximum atomic E-state index is 13.5. The molecule has 1 saturated carbocycles. The second-order valence-corrected chi connectivity index (χ2v) is 9.95. The van der Waals surface area contributed by atoms with E-state index in [1.54, 1.807) is 26.1 Å². The van der Waals surface area contributed by atoms with Gasteiger partial charge in [0.1, 0.15) is 28.1 Å². The molecule has 0 spiro atoms. The van der Waals surface area contributed by atoms with Crippen LogP contribution >= 0.6 is 11.3 Å². The molecule has 9 heteroatoms. The minimum absolute atomic E-state index is 0.0393. The van der Waals surface area contributed by atoms with Crippen molar-refractivity contribution < 1.29 is 19.4 Å². The van der Waals surface area contributed by atoms with Crippen molar-refractivity contribution in [3.05, 3.63) is 52.5 Å². The van der Waals surface area contributed by atoms with Gasteiger partial charge < -0.3 is 15.5 Å². The predicted octanol–water partition coefficient (Wildman–Crippen LogP) is 5.20. The van der Waals surface area contributed by atoms with Crippen molar-refractivity contribution in [1.29, 1.82) is 0 Å². The van der Waals surface area contributed by atoms with Gasteiger partial charge in [0.15, 0.2) is 0 Å². The van der Waals surface area contributed by atoms with E-state index in [0.29, 0.717) is 53.6 Å². The maximum Gasteiger partial charge on any atom is 0.306 e. The average molecular weight is 471 g/mol. The Kier molecular flexibility index (Phi) is 6.45. The lowest BCUT2D eigenvalue weighted by atomic mass is 9.74. The minimum atomic E-state index is -1.13. The summed E-state index contributed by atoms with van der Waals surface area (Å²) in [6.07, 6.45) is 5.33. The molecule has 1 aliphatic carbocycles. The van der Waals surface area contributed by atoms with Gasteiger partial charge in [-0.2, -0.15) is 0 Å². The van der Waals surface area contributed by atoms with Gasteiger partial charge in [0.25, 0.3) is 0 Å². The summed E-state index contributed by atoms with van der Waals surface area (Å²) in [7, 11) is 0. The Morgan fingerprint density at radius 3 is 2.52 bits per heavy atom. The van der Waals surface area contributed by atoms with Crippen molar-refractivity contribution in [1.82, 2.24) is 15.0 Å². The van der Waals surface area contributed by atoms with Gasteiger partial charge >= 0.3 is 5.97 Å². The van der Waals surface area contributed by atoms with Crippen LogP contribution in [0.1, 0.15) is 48.7 Å². The second kappa shape index (κ2) is 9.15. The Morgan fingerprint density at radius 1 is 1.12 bits per heavy atom. The number of thiazole rings is 1. The lowest BCUT2D eigenvalue weighted by Crippen LogP contribution is -2.35. The second-order valence-electron chi connectivity index (χ2n) is 8.92. The first kappa shape index (κ1) is 23.3. The highest BCUT2D eigenvalue weighted by Crippen LogP contribution is 2.43. The smallest absolute Gasteiger partial charge is 0.306 e. The molecule has 4 rings (SSSR count). The van der Waals surface area contributed by atoms with Gasteiger partial charge in [0, 0.05) is 6.20 Å². The number of nitrogens with one attached hydrogen (secondary N) is 1. The number of carboxylic acid groups (broad SMARTS) is 1. The third-order valence-electron chi connectivity index (χ3n) is 6.34. The summed E-state index contributed by atoms with van der Waals surface area (Å²) in [5.41, 5.74) is 1.06. The van der Waals surface area contributed by atoms with Gasteiger partial charge in [0.2, 0.25) is 0 Å². The summed E-state index contributed by atoms with van der Waals surface area (Å²) in [4.78, 5) is 25.3. The Morgan fingerprint density at radius 2 is 1.85 bits per heavy atom. The largest absolute Gasteiger partial charge is 0.481 e. The van der Waals surface area contributed by atoms with Crippen LogP contribution in [0, 0.1) is 31.5 Å². The van der Waals surface area contributed by atoms with Gasteiger partial charge in [-0.15, -0.1) is 11.3 Å². The van der Waals surface area contributed by atoms with E-state index in [0.717, 1.165) is 10.4 Å². The number of hydrogen-bond acceptors (Lipinski definition) is 7. The molecule has 0 saturated heterocycles. The van der Waals surface area contributed by atoms with Crippen molar-refractivity contribution in [2.45, 2.75) is 52.1 Å². The summed E-state index contributed by atoms with van der Waals surface area (Å²) < 4.78 is 13.5. The fourth-order valence-electron chi connectivity index (χ4n) is 4.30. The van der Waals surface area contributed by atoms with E-state index in [2.05, 4.69) is 20.3 Å². The first-order valence-electron chi connectivity index (χ1n) is 10.9. The van der Waals surface area contributed by atoms with E-state index in [9.17, 15) is 19.4 Å². The molecule has 0 unspecified atom stereocenters. The summed E-state index contributed by atoms with van der Waals surface area (Å²) in [6, 6.07) is 5.45. The molecule has 1 fully saturated rings. The van der Waals surface area contributed by atoms with Crippen LogP contribution in [0.2, 0.25) is 0 Å². The molecule has 33 heavy (non-hydrogen) atoms. The molecule has 174 valence electrons. The number of aromatic nitrogens is 3. The average Bonchev–Trinajstić information content (AvgIpc) is 3.27. The van der Waals surface area contributed by atoms with Gasteiger partial charge in [-0.3, -0.25) is 4.79 Å². The molecule has 1 atom stereocenters. The van der Waals surface area contributed by atoms with Crippen molar-refractivity contribution in [2.24, 2.45) is 11.8 Å². The molecular formula is C24H27FN4O3S. The Hall–Kier alpha value is -2.91. The van der Waals surface area contributed by atoms with Crippen LogP contribution in [0.3, 0.4) is 0 Å². The number of halogens is 1. The lowest BCUT2D eigenvalue weighted by Gasteiger charge is -2.35. The molecule has 3 aromatic heterocycles. The fourth-order valence-corrected chi connectivity index (χ4v) is 5.30. The molecule has 1 aliphatic rings. The molecule has 0 aromatic carbocycles. The Bertz CT molecular complexity index is 1170. The Labute approximate surface area is 195 Å². The molecule has 0 radical (unpaired) electrons. The number of rotatable bonds is 6. The highest BCUT2D eigenvalue weighted by molar-refractivity contribution is 7.15. The number of carboxylic acids is 1. The topological polar surface area (TPSA) is 108 Å². The highest BCUT2D eigenvalue weighted by atomic mass is 32.1. The summed E-state index contributed by atoms with van der Waals surface area (Å²) in [5, 5.41) is 24.2. The highest BCUT2D eigenvalue weighted by Gasteiger charge is 2.40. The van der Waals surface area contributed by atoms with Gasteiger partial charge in [0.05, 0.1) is 22.7 Å². The van der Waals surface area contributed by atoms with Crippen LogP contribution in [-0.2, 0) is 10.4 Å². The maximum absolute atomic E-state index is 13.5. The number of pyridine rings is 2. The minimum Gasteiger partial charge on any atom is -0.481 e. The SMILES string of the molecule is Cc1cc(Nc2cc(C)c(F)cn2)nc(-c2cnc([C@@](C)(O)[C@H]3CC[C@H](C(=O)O)CC3)s2)c1. The first-order chi connectivity index (χ1) is 15.6. The quantitative estimate of drug-likeness (QED) is 0.454. The number of aliphatic hydroxyl groups is 1. The molecule has 0 bridgehead atoms. The predicted molar refractivity (Wildman–Crippen MR) is 125 cm³/mol. The number of aliphatic carboxylic acids is 1. The molecule has 0 amide bonds. The van der Waals surface area contributed by atoms with E-state index in [1.165, 1.54) is 17.5 Å². The van der Waals surface area contributed by atoms with E-state index < -0.39 is 11.6 Å². The van der Waals surface area contributed by atoms with Crippen LogP contribution in [0.15, 0.2) is 30.6 Å². The van der Waals surface area contributed by atoms with Crippen LogP contribution < -0.4 is 5.32 Å². The third kappa shape index (κ3) is 5.04. The molecule has 0 aliphatic heterocycles. The first-order valence-corrected chi connectivity index (χ1v) is 11.7. The van der Waals surface area contributed by atoms with E-state index in [1.807, 2.05) is 19.1 Å². The summed E-state index contributed by atoms with van der Waals surface area (Å²) in [5.74, 6) is -0.405. The van der Waals surface area contributed by atoms with Crippen LogP contribution in [0.4, 0.5) is 16.0 Å². The summed E-state index contributed by atoms with van der Waals surface area (Å²) >= 11 is 1.39. The normalized spacial score (nSPS) is 20.3. The number of anilines is 2. The lowest BCUT2D eigenvalue weighted by molar-refractivity contribution is -0.144. The molecular weight excluding hydrogens is 443 g/mol. The summed E-state index contributed by atoms with van der Waals surface area (Å²) in [6.45, 7) is 5.40. The fraction of sp³-hybridized carbons (Fsp3) is 0.417.